The van der Waals surface area contributed by atoms with Gasteiger partial charge in [-0.25, -0.2) is 8.42 Å². The Morgan fingerprint density at radius 3 is 2.55 bits per heavy atom. The molecule has 0 aromatic heterocycles. The lowest BCUT2D eigenvalue weighted by Crippen LogP contribution is -2.37. The maximum absolute atomic E-state index is 12.0. The van der Waals surface area contributed by atoms with Gasteiger partial charge < -0.3 is 15.8 Å². The fourth-order valence-corrected chi connectivity index (χ4v) is 2.84. The quantitative estimate of drug-likeness (QED) is 0.738. The van der Waals surface area contributed by atoms with Crippen LogP contribution < -0.4 is 15.8 Å². The van der Waals surface area contributed by atoms with Crippen LogP contribution in [0.3, 0.4) is 0 Å². The number of rotatable bonds is 7. The summed E-state index contributed by atoms with van der Waals surface area (Å²) in [5.41, 5.74) is 6.24. The molecule has 1 aromatic carbocycles. The number of sulfone groups is 1. The smallest absolute Gasteiger partial charge is 0.241 e. The van der Waals surface area contributed by atoms with E-state index < -0.39 is 21.8 Å². The molecule has 0 aliphatic carbocycles. The molecule has 3 N–H and O–H groups in total. The molecule has 0 spiro atoms. The van der Waals surface area contributed by atoms with E-state index in [2.05, 4.69) is 21.2 Å². The van der Waals surface area contributed by atoms with E-state index in [1.807, 2.05) is 13.8 Å². The minimum absolute atomic E-state index is 0.00914. The Kier molecular flexibility index (Phi) is 6.83. The first-order valence-corrected chi connectivity index (χ1v) is 9.63. The summed E-state index contributed by atoms with van der Waals surface area (Å²) < 4.78 is 28.5. The highest BCUT2D eigenvalue weighted by molar-refractivity contribution is 9.10. The zero-order valence-corrected chi connectivity index (χ0v) is 15.2. The third-order valence-corrected chi connectivity index (χ3v) is 4.08. The first kappa shape index (κ1) is 18.9. The maximum atomic E-state index is 12.0. The van der Waals surface area contributed by atoms with E-state index in [-0.39, 0.29) is 18.3 Å². The van der Waals surface area contributed by atoms with Gasteiger partial charge in [-0.1, -0.05) is 15.9 Å². The Hall–Kier alpha value is -1.12. The second kappa shape index (κ2) is 7.94. The van der Waals surface area contributed by atoms with Gasteiger partial charge in [0.1, 0.15) is 15.6 Å². The van der Waals surface area contributed by atoms with Crippen molar-refractivity contribution >= 4 is 37.4 Å². The molecule has 1 atom stereocenters. The molecular weight excluding hydrogens is 372 g/mol. The molecule has 1 aromatic rings. The largest absolute Gasteiger partial charge is 0.491 e. The van der Waals surface area contributed by atoms with Crippen molar-refractivity contribution in [2.75, 3.05) is 17.3 Å². The molecule has 1 amide bonds. The normalized spacial score (nSPS) is 13.0. The number of anilines is 1. The van der Waals surface area contributed by atoms with Crippen LogP contribution in [-0.4, -0.2) is 38.5 Å². The SMILES string of the molecule is CC(C)Oc1cc(Br)cc(NC(=O)C(N)CCS(C)(=O)=O)c1. The number of nitrogens with two attached hydrogens (primary N) is 1. The van der Waals surface area contributed by atoms with Gasteiger partial charge >= 0.3 is 0 Å². The molecule has 1 unspecified atom stereocenters. The molecule has 0 aliphatic heterocycles. The zero-order chi connectivity index (χ0) is 16.9. The second-order valence-electron chi connectivity index (χ2n) is 5.36. The molecule has 124 valence electrons. The van der Waals surface area contributed by atoms with Crippen LogP contribution in [0.1, 0.15) is 20.3 Å². The van der Waals surface area contributed by atoms with Crippen molar-refractivity contribution < 1.29 is 17.9 Å². The lowest BCUT2D eigenvalue weighted by atomic mass is 10.2. The van der Waals surface area contributed by atoms with E-state index >= 15 is 0 Å². The molecule has 0 aliphatic rings. The van der Waals surface area contributed by atoms with E-state index in [0.29, 0.717) is 11.4 Å². The first-order chi connectivity index (χ1) is 10.1. The van der Waals surface area contributed by atoms with E-state index in [1.165, 1.54) is 0 Å². The van der Waals surface area contributed by atoms with Crippen LogP contribution in [0.25, 0.3) is 0 Å². The molecular formula is C14H21BrN2O4S. The number of hydrogen-bond acceptors (Lipinski definition) is 5. The molecule has 0 bridgehead atoms. The lowest BCUT2D eigenvalue weighted by molar-refractivity contribution is -0.117. The summed E-state index contributed by atoms with van der Waals surface area (Å²) in [5, 5.41) is 2.66. The predicted octanol–water partition coefficient (Wildman–Crippen LogP) is 1.94. The number of halogens is 1. The second-order valence-corrected chi connectivity index (χ2v) is 8.53. The van der Waals surface area contributed by atoms with Crippen molar-refractivity contribution in [1.82, 2.24) is 0 Å². The lowest BCUT2D eigenvalue weighted by Gasteiger charge is -2.14. The van der Waals surface area contributed by atoms with Crippen LogP contribution in [0, 0.1) is 0 Å². The molecule has 8 heteroatoms. The van der Waals surface area contributed by atoms with Crippen LogP contribution in [-0.2, 0) is 14.6 Å². The van der Waals surface area contributed by atoms with Gasteiger partial charge in [-0.15, -0.1) is 0 Å². The minimum atomic E-state index is -3.14. The summed E-state index contributed by atoms with van der Waals surface area (Å²) in [6.45, 7) is 3.81. The molecule has 0 saturated carbocycles. The van der Waals surface area contributed by atoms with Crippen molar-refractivity contribution in [2.45, 2.75) is 32.4 Å². The number of benzene rings is 1. The monoisotopic (exact) mass is 392 g/mol. The molecule has 0 saturated heterocycles. The number of hydrogen-bond donors (Lipinski definition) is 2. The van der Waals surface area contributed by atoms with Crippen LogP contribution in [0.15, 0.2) is 22.7 Å². The average Bonchev–Trinajstić information content (AvgIpc) is 2.33. The molecule has 0 fully saturated rings. The van der Waals surface area contributed by atoms with Gasteiger partial charge in [0, 0.05) is 22.5 Å². The summed E-state index contributed by atoms with van der Waals surface area (Å²) in [6.07, 6.45) is 1.20. The van der Waals surface area contributed by atoms with Gasteiger partial charge in [0.25, 0.3) is 0 Å². The Balaban J connectivity index is 2.73. The van der Waals surface area contributed by atoms with E-state index in [1.54, 1.807) is 18.2 Å². The van der Waals surface area contributed by atoms with Crippen LogP contribution in [0.5, 0.6) is 5.75 Å². The average molecular weight is 393 g/mol. The van der Waals surface area contributed by atoms with Crippen LogP contribution in [0.4, 0.5) is 5.69 Å². The first-order valence-electron chi connectivity index (χ1n) is 6.78. The summed E-state index contributed by atoms with van der Waals surface area (Å²) >= 11 is 3.34. The van der Waals surface area contributed by atoms with Crippen LogP contribution in [0.2, 0.25) is 0 Å². The van der Waals surface area contributed by atoms with Gasteiger partial charge in [0.2, 0.25) is 5.91 Å². The predicted molar refractivity (Wildman–Crippen MR) is 90.8 cm³/mol. The van der Waals surface area contributed by atoms with Crippen molar-refractivity contribution in [1.29, 1.82) is 0 Å². The standard InChI is InChI=1S/C14H21BrN2O4S/c1-9(2)21-12-7-10(15)6-11(8-12)17-14(18)13(16)4-5-22(3,19)20/h6-9,13H,4-5,16H2,1-3H3,(H,17,18). The van der Waals surface area contributed by atoms with Crippen LogP contribution >= 0.6 is 15.9 Å². The summed E-state index contributed by atoms with van der Waals surface area (Å²) in [5.74, 6) is 0.0588. The topological polar surface area (TPSA) is 98.5 Å². The number of carbonyl (C=O) groups is 1. The fourth-order valence-electron chi connectivity index (χ4n) is 1.68. The summed E-state index contributed by atoms with van der Waals surface area (Å²) in [6, 6.07) is 4.31. The third kappa shape index (κ3) is 7.24. The summed E-state index contributed by atoms with van der Waals surface area (Å²) in [4.78, 5) is 12.0. The highest BCUT2D eigenvalue weighted by Crippen LogP contribution is 2.25. The van der Waals surface area contributed by atoms with Crippen molar-refractivity contribution in [3.8, 4) is 5.75 Å². The van der Waals surface area contributed by atoms with E-state index in [0.717, 1.165) is 10.7 Å². The van der Waals surface area contributed by atoms with Crippen molar-refractivity contribution in [2.24, 2.45) is 5.73 Å². The fraction of sp³-hybridized carbons (Fsp3) is 0.500. The number of ether oxygens (including phenoxy) is 1. The molecule has 1 rings (SSSR count). The Morgan fingerprint density at radius 2 is 2.00 bits per heavy atom. The minimum Gasteiger partial charge on any atom is -0.491 e. The zero-order valence-electron chi connectivity index (χ0n) is 12.8. The molecule has 0 radical (unpaired) electrons. The molecule has 22 heavy (non-hydrogen) atoms. The van der Waals surface area contributed by atoms with Gasteiger partial charge in [0.05, 0.1) is 17.9 Å². The molecule has 6 nitrogen and oxygen atoms in total. The maximum Gasteiger partial charge on any atom is 0.241 e. The van der Waals surface area contributed by atoms with Crippen molar-refractivity contribution in [3.05, 3.63) is 22.7 Å². The third-order valence-electron chi connectivity index (χ3n) is 2.65. The van der Waals surface area contributed by atoms with Gasteiger partial charge in [-0.2, -0.15) is 0 Å². The highest BCUT2D eigenvalue weighted by Gasteiger charge is 2.16. The highest BCUT2D eigenvalue weighted by atomic mass is 79.9. The molecule has 0 heterocycles. The van der Waals surface area contributed by atoms with Gasteiger partial charge in [-0.05, 0) is 32.4 Å². The van der Waals surface area contributed by atoms with Gasteiger partial charge in [0.15, 0.2) is 0 Å². The van der Waals surface area contributed by atoms with E-state index in [4.69, 9.17) is 10.5 Å². The Labute approximate surface area is 139 Å². The van der Waals surface area contributed by atoms with Gasteiger partial charge in [-0.3, -0.25) is 4.79 Å². The number of amides is 1. The van der Waals surface area contributed by atoms with Crippen molar-refractivity contribution in [3.63, 3.8) is 0 Å². The van der Waals surface area contributed by atoms with E-state index in [9.17, 15) is 13.2 Å². The number of carbonyl (C=O) groups excluding carboxylic acids is 1. The Morgan fingerprint density at radius 1 is 1.36 bits per heavy atom. The Bertz CT molecular complexity index is 632. The number of nitrogens with one attached hydrogen (secondary N) is 1. The summed E-state index contributed by atoms with van der Waals surface area (Å²) in [7, 11) is -3.14.